The monoisotopic (exact) mass is 264 g/mol. The molecule has 0 saturated heterocycles. The molecule has 1 aromatic rings. The average Bonchev–Trinajstić information content (AvgIpc) is 2.69. The van der Waals surface area contributed by atoms with Crippen molar-refractivity contribution in [3.63, 3.8) is 0 Å². The van der Waals surface area contributed by atoms with E-state index in [4.69, 9.17) is 9.47 Å². The van der Waals surface area contributed by atoms with E-state index in [-0.39, 0.29) is 6.61 Å². The Morgan fingerprint density at radius 1 is 1.11 bits per heavy atom. The van der Waals surface area contributed by atoms with Crippen LogP contribution in [0.4, 0.5) is 0 Å². The molecule has 0 aromatic heterocycles. The first kappa shape index (κ1) is 14.2. The van der Waals surface area contributed by atoms with Crippen LogP contribution in [0.25, 0.3) is 0 Å². The number of hydrogen-bond donors (Lipinski definition) is 1. The third kappa shape index (κ3) is 4.13. The highest BCUT2D eigenvalue weighted by Gasteiger charge is 2.16. The summed E-state index contributed by atoms with van der Waals surface area (Å²) in [5, 5.41) is 9.18. The van der Waals surface area contributed by atoms with Gasteiger partial charge in [-0.15, -0.1) is 0 Å². The standard InChI is InChI=1S/C16H24O3/c1-2-18-16-11-13(12-17)9-10-15(16)19-14-7-5-3-4-6-8-14/h9-11,14,17H,2-8,12H2,1H3. The second-order valence-corrected chi connectivity index (χ2v) is 5.10. The molecule has 1 fully saturated rings. The minimum absolute atomic E-state index is 0.0315. The maximum Gasteiger partial charge on any atom is 0.161 e. The van der Waals surface area contributed by atoms with Crippen LogP contribution in [0.2, 0.25) is 0 Å². The van der Waals surface area contributed by atoms with Gasteiger partial charge >= 0.3 is 0 Å². The van der Waals surface area contributed by atoms with Crippen LogP contribution in [0.5, 0.6) is 11.5 Å². The quantitative estimate of drug-likeness (QED) is 0.824. The van der Waals surface area contributed by atoms with Crippen LogP contribution >= 0.6 is 0 Å². The Morgan fingerprint density at radius 3 is 2.47 bits per heavy atom. The van der Waals surface area contributed by atoms with Crippen LogP contribution in [-0.2, 0) is 6.61 Å². The minimum Gasteiger partial charge on any atom is -0.490 e. The van der Waals surface area contributed by atoms with E-state index in [1.807, 2.05) is 25.1 Å². The van der Waals surface area contributed by atoms with Crippen molar-refractivity contribution in [3.05, 3.63) is 23.8 Å². The van der Waals surface area contributed by atoms with Gasteiger partial charge in [-0.3, -0.25) is 0 Å². The third-order valence-corrected chi connectivity index (χ3v) is 3.59. The largest absolute Gasteiger partial charge is 0.490 e. The first-order valence-electron chi connectivity index (χ1n) is 7.36. The molecule has 1 aliphatic rings. The fourth-order valence-electron chi connectivity index (χ4n) is 2.56. The molecule has 0 unspecified atom stereocenters. The molecule has 0 bridgehead atoms. The van der Waals surface area contributed by atoms with E-state index >= 15 is 0 Å². The maximum absolute atomic E-state index is 9.18. The van der Waals surface area contributed by atoms with Gasteiger partial charge in [-0.1, -0.05) is 18.9 Å². The van der Waals surface area contributed by atoms with E-state index in [1.165, 1.54) is 25.7 Å². The van der Waals surface area contributed by atoms with Gasteiger partial charge in [0.05, 0.1) is 19.3 Å². The van der Waals surface area contributed by atoms with Crippen molar-refractivity contribution in [3.8, 4) is 11.5 Å². The van der Waals surface area contributed by atoms with Gasteiger partial charge in [0.25, 0.3) is 0 Å². The SMILES string of the molecule is CCOc1cc(CO)ccc1OC1CCCCCC1. The highest BCUT2D eigenvalue weighted by molar-refractivity contribution is 5.43. The normalized spacial score (nSPS) is 16.9. The van der Waals surface area contributed by atoms with Crippen molar-refractivity contribution in [2.24, 2.45) is 0 Å². The summed E-state index contributed by atoms with van der Waals surface area (Å²) in [4.78, 5) is 0. The first-order chi connectivity index (χ1) is 9.33. The highest BCUT2D eigenvalue weighted by atomic mass is 16.5. The predicted molar refractivity (Wildman–Crippen MR) is 75.7 cm³/mol. The van der Waals surface area contributed by atoms with Gasteiger partial charge in [0, 0.05) is 0 Å². The number of ether oxygens (including phenoxy) is 2. The molecule has 1 saturated carbocycles. The number of rotatable bonds is 5. The van der Waals surface area contributed by atoms with Gasteiger partial charge in [0.2, 0.25) is 0 Å². The summed E-state index contributed by atoms with van der Waals surface area (Å²) in [6.07, 6.45) is 7.72. The molecule has 0 atom stereocenters. The Kier molecular flexibility index (Phi) is 5.52. The fourth-order valence-corrected chi connectivity index (χ4v) is 2.56. The van der Waals surface area contributed by atoms with E-state index in [2.05, 4.69) is 0 Å². The summed E-state index contributed by atoms with van der Waals surface area (Å²) in [5.74, 6) is 1.56. The fraction of sp³-hybridized carbons (Fsp3) is 0.625. The van der Waals surface area contributed by atoms with Crippen molar-refractivity contribution in [2.75, 3.05) is 6.61 Å². The number of aliphatic hydroxyl groups is 1. The van der Waals surface area contributed by atoms with Crippen LogP contribution in [0, 0.1) is 0 Å². The van der Waals surface area contributed by atoms with E-state index in [1.54, 1.807) is 0 Å². The van der Waals surface area contributed by atoms with Crippen molar-refractivity contribution in [1.29, 1.82) is 0 Å². The summed E-state index contributed by atoms with van der Waals surface area (Å²) in [6, 6.07) is 5.69. The van der Waals surface area contributed by atoms with Gasteiger partial charge in [0.15, 0.2) is 11.5 Å². The Bertz CT molecular complexity index is 382. The molecule has 3 nitrogen and oxygen atoms in total. The molecule has 2 rings (SSSR count). The lowest BCUT2D eigenvalue weighted by Crippen LogP contribution is -2.15. The van der Waals surface area contributed by atoms with Gasteiger partial charge in [-0.2, -0.15) is 0 Å². The lowest BCUT2D eigenvalue weighted by atomic mass is 10.1. The lowest BCUT2D eigenvalue weighted by Gasteiger charge is -2.19. The van der Waals surface area contributed by atoms with Crippen molar-refractivity contribution in [2.45, 2.75) is 58.2 Å². The Morgan fingerprint density at radius 2 is 1.84 bits per heavy atom. The highest BCUT2D eigenvalue weighted by Crippen LogP contribution is 2.31. The molecular formula is C16H24O3. The molecule has 19 heavy (non-hydrogen) atoms. The van der Waals surface area contributed by atoms with Crippen LogP contribution in [0.3, 0.4) is 0 Å². The Balaban J connectivity index is 2.08. The van der Waals surface area contributed by atoms with E-state index in [0.29, 0.717) is 12.7 Å². The van der Waals surface area contributed by atoms with E-state index < -0.39 is 0 Å². The minimum atomic E-state index is 0.0315. The van der Waals surface area contributed by atoms with E-state index in [9.17, 15) is 5.11 Å². The third-order valence-electron chi connectivity index (χ3n) is 3.59. The maximum atomic E-state index is 9.18. The molecule has 3 heteroatoms. The molecule has 106 valence electrons. The number of benzene rings is 1. The molecular weight excluding hydrogens is 240 g/mol. The zero-order chi connectivity index (χ0) is 13.5. The van der Waals surface area contributed by atoms with Crippen molar-refractivity contribution >= 4 is 0 Å². The predicted octanol–water partition coefficient (Wildman–Crippen LogP) is 3.68. The second kappa shape index (κ2) is 7.39. The first-order valence-corrected chi connectivity index (χ1v) is 7.36. The van der Waals surface area contributed by atoms with Crippen LogP contribution in [0.1, 0.15) is 51.0 Å². The van der Waals surface area contributed by atoms with E-state index in [0.717, 1.165) is 29.9 Å². The van der Waals surface area contributed by atoms with Gasteiger partial charge in [-0.25, -0.2) is 0 Å². The zero-order valence-electron chi connectivity index (χ0n) is 11.7. The topological polar surface area (TPSA) is 38.7 Å². The molecule has 0 radical (unpaired) electrons. The molecule has 0 spiro atoms. The second-order valence-electron chi connectivity index (χ2n) is 5.10. The van der Waals surface area contributed by atoms with Crippen LogP contribution in [-0.4, -0.2) is 17.8 Å². The van der Waals surface area contributed by atoms with Crippen LogP contribution < -0.4 is 9.47 Å². The van der Waals surface area contributed by atoms with Crippen molar-refractivity contribution in [1.82, 2.24) is 0 Å². The number of hydrogen-bond acceptors (Lipinski definition) is 3. The van der Waals surface area contributed by atoms with Crippen LogP contribution in [0.15, 0.2) is 18.2 Å². The number of aliphatic hydroxyl groups excluding tert-OH is 1. The van der Waals surface area contributed by atoms with Crippen molar-refractivity contribution < 1.29 is 14.6 Å². The summed E-state index contributed by atoms with van der Waals surface area (Å²) in [5.41, 5.74) is 0.858. The molecule has 0 amide bonds. The summed E-state index contributed by atoms with van der Waals surface area (Å²) in [7, 11) is 0. The summed E-state index contributed by atoms with van der Waals surface area (Å²) in [6.45, 7) is 2.60. The summed E-state index contributed by atoms with van der Waals surface area (Å²) >= 11 is 0. The zero-order valence-corrected chi connectivity index (χ0v) is 11.7. The molecule has 1 aromatic carbocycles. The smallest absolute Gasteiger partial charge is 0.161 e. The average molecular weight is 264 g/mol. The van der Waals surface area contributed by atoms with Gasteiger partial charge in [-0.05, 0) is 50.3 Å². The lowest BCUT2D eigenvalue weighted by molar-refractivity contribution is 0.173. The molecule has 1 N–H and O–H groups in total. The Hall–Kier alpha value is -1.22. The van der Waals surface area contributed by atoms with Gasteiger partial charge in [0.1, 0.15) is 0 Å². The molecule has 0 heterocycles. The molecule has 0 aliphatic heterocycles. The molecule has 1 aliphatic carbocycles. The summed E-state index contributed by atoms with van der Waals surface area (Å²) < 4.78 is 11.7. The van der Waals surface area contributed by atoms with Gasteiger partial charge < -0.3 is 14.6 Å². The Labute approximate surface area is 115 Å².